The van der Waals surface area contributed by atoms with Gasteiger partial charge in [-0.05, 0) is 29.8 Å². The summed E-state index contributed by atoms with van der Waals surface area (Å²) in [4.78, 5) is 13.2. The minimum absolute atomic E-state index is 0.309. The molecule has 2 aromatic carbocycles. The van der Waals surface area contributed by atoms with E-state index in [-0.39, 0.29) is 5.82 Å². The summed E-state index contributed by atoms with van der Waals surface area (Å²) >= 11 is 1.43. The highest BCUT2D eigenvalue weighted by Crippen LogP contribution is 2.34. The van der Waals surface area contributed by atoms with Gasteiger partial charge in [-0.1, -0.05) is 42.1 Å². The minimum Gasteiger partial charge on any atom is -0.466 e. The van der Waals surface area contributed by atoms with Crippen molar-refractivity contribution in [3.05, 3.63) is 72.1 Å². The molecule has 0 N–H and O–H groups in total. The van der Waals surface area contributed by atoms with Crippen LogP contribution in [0.2, 0.25) is 0 Å². The van der Waals surface area contributed by atoms with E-state index in [1.807, 2.05) is 30.3 Å². The number of ether oxygens (including phenoxy) is 1. The lowest BCUT2D eigenvalue weighted by Gasteiger charge is -2.07. The van der Waals surface area contributed by atoms with Gasteiger partial charge < -0.3 is 4.74 Å². The Labute approximate surface area is 121 Å². The molecule has 0 radical (unpaired) electrons. The zero-order valence-electron chi connectivity index (χ0n) is 10.9. The largest absolute Gasteiger partial charge is 0.466 e. The van der Waals surface area contributed by atoms with Crippen LogP contribution in [-0.2, 0) is 9.53 Å². The highest BCUT2D eigenvalue weighted by molar-refractivity contribution is 8.08. The van der Waals surface area contributed by atoms with Crippen LogP contribution in [0, 0.1) is 5.82 Å². The second-order valence-electron chi connectivity index (χ2n) is 3.95. The smallest absolute Gasteiger partial charge is 0.331 e. The number of halogens is 1. The van der Waals surface area contributed by atoms with Crippen molar-refractivity contribution < 1.29 is 13.9 Å². The Morgan fingerprint density at radius 2 is 1.75 bits per heavy atom. The van der Waals surface area contributed by atoms with E-state index in [4.69, 9.17) is 0 Å². The first kappa shape index (κ1) is 14.3. The Bertz CT molecular complexity index is 606. The van der Waals surface area contributed by atoms with Gasteiger partial charge >= 0.3 is 5.97 Å². The molecule has 0 aliphatic heterocycles. The molecule has 0 amide bonds. The van der Waals surface area contributed by atoms with Crippen LogP contribution < -0.4 is 0 Å². The van der Waals surface area contributed by atoms with Gasteiger partial charge in [0, 0.05) is 15.9 Å². The van der Waals surface area contributed by atoms with Gasteiger partial charge in [0.25, 0.3) is 0 Å². The minimum atomic E-state index is -0.437. The fourth-order valence-electron chi connectivity index (χ4n) is 1.57. The van der Waals surface area contributed by atoms with Crippen LogP contribution in [0.5, 0.6) is 0 Å². The van der Waals surface area contributed by atoms with E-state index in [0.717, 1.165) is 10.5 Å². The van der Waals surface area contributed by atoms with Crippen LogP contribution in [-0.4, -0.2) is 13.1 Å². The van der Waals surface area contributed by atoms with E-state index in [9.17, 15) is 9.18 Å². The molecule has 2 aromatic rings. The molecule has 0 bridgehead atoms. The molecule has 2 nitrogen and oxygen atoms in total. The molecular weight excluding hydrogens is 275 g/mol. The van der Waals surface area contributed by atoms with Crippen molar-refractivity contribution in [1.29, 1.82) is 0 Å². The average molecular weight is 288 g/mol. The van der Waals surface area contributed by atoms with Crippen LogP contribution in [0.15, 0.2) is 65.6 Å². The molecule has 0 aliphatic rings. The summed E-state index contributed by atoms with van der Waals surface area (Å²) in [6.07, 6.45) is 1.41. The van der Waals surface area contributed by atoms with E-state index >= 15 is 0 Å². The molecule has 0 unspecified atom stereocenters. The molecule has 0 spiro atoms. The van der Waals surface area contributed by atoms with Crippen LogP contribution in [0.3, 0.4) is 0 Å². The van der Waals surface area contributed by atoms with Crippen molar-refractivity contribution in [2.75, 3.05) is 7.11 Å². The van der Waals surface area contributed by atoms with Gasteiger partial charge in [0.2, 0.25) is 0 Å². The first-order chi connectivity index (χ1) is 9.69. The molecule has 0 atom stereocenters. The Balaban J connectivity index is 2.32. The van der Waals surface area contributed by atoms with Crippen LogP contribution in [0.25, 0.3) is 4.91 Å². The maximum absolute atomic E-state index is 13.0. The molecule has 0 fully saturated rings. The second-order valence-corrected chi connectivity index (χ2v) is 5.07. The first-order valence-electron chi connectivity index (χ1n) is 5.97. The number of thioether (sulfide) groups is 1. The molecule has 0 saturated carbocycles. The molecule has 0 aliphatic carbocycles. The number of rotatable bonds is 4. The van der Waals surface area contributed by atoms with Gasteiger partial charge in [-0.15, -0.1) is 0 Å². The quantitative estimate of drug-likeness (QED) is 0.480. The van der Waals surface area contributed by atoms with Crippen LogP contribution in [0.1, 0.15) is 5.56 Å². The van der Waals surface area contributed by atoms with Crippen molar-refractivity contribution >= 4 is 22.6 Å². The first-order valence-corrected chi connectivity index (χ1v) is 6.79. The molecule has 20 heavy (non-hydrogen) atoms. The Morgan fingerprint density at radius 1 is 1.10 bits per heavy atom. The molecule has 102 valence electrons. The van der Waals surface area contributed by atoms with E-state index in [1.165, 1.54) is 37.1 Å². The summed E-state index contributed by atoms with van der Waals surface area (Å²) in [5, 5.41) is 0. The topological polar surface area (TPSA) is 26.3 Å². The number of esters is 1. The molecule has 0 aromatic heterocycles. The van der Waals surface area contributed by atoms with Crippen LogP contribution >= 0.6 is 11.8 Å². The van der Waals surface area contributed by atoms with Gasteiger partial charge in [0.1, 0.15) is 5.82 Å². The van der Waals surface area contributed by atoms with Gasteiger partial charge in [-0.25, -0.2) is 9.18 Å². The number of carbonyl (C=O) groups is 1. The van der Waals surface area contributed by atoms with E-state index in [2.05, 4.69) is 4.74 Å². The lowest BCUT2D eigenvalue weighted by atomic mass is 10.2. The summed E-state index contributed by atoms with van der Waals surface area (Å²) in [7, 11) is 1.33. The molecule has 4 heteroatoms. The normalized spacial score (nSPS) is 11.2. The summed E-state index contributed by atoms with van der Waals surface area (Å²) in [6, 6.07) is 15.7. The summed E-state index contributed by atoms with van der Waals surface area (Å²) in [5.41, 5.74) is 0.769. The van der Waals surface area contributed by atoms with E-state index in [0.29, 0.717) is 4.91 Å². The summed E-state index contributed by atoms with van der Waals surface area (Å²) in [5.74, 6) is -0.747. The SMILES string of the molecule is COC(=O)/C=C(/Sc1ccccc1)c1ccc(F)cc1. The van der Waals surface area contributed by atoms with E-state index < -0.39 is 5.97 Å². The van der Waals surface area contributed by atoms with Crippen molar-refractivity contribution in [1.82, 2.24) is 0 Å². The third-order valence-corrected chi connectivity index (χ3v) is 3.63. The average Bonchev–Trinajstić information content (AvgIpc) is 2.48. The van der Waals surface area contributed by atoms with Crippen molar-refractivity contribution in [3.63, 3.8) is 0 Å². The number of hydrogen-bond donors (Lipinski definition) is 0. The monoisotopic (exact) mass is 288 g/mol. The molecule has 0 heterocycles. The fourth-order valence-corrected chi connectivity index (χ4v) is 2.52. The fraction of sp³-hybridized carbons (Fsp3) is 0.0625. The third-order valence-electron chi connectivity index (χ3n) is 2.55. The Hall–Kier alpha value is -2.07. The van der Waals surface area contributed by atoms with Gasteiger partial charge in [-0.2, -0.15) is 0 Å². The standard InChI is InChI=1S/C16H13FO2S/c1-19-16(18)11-15(12-7-9-13(17)10-8-12)20-14-5-3-2-4-6-14/h2-11H,1H3/b15-11+. The van der Waals surface area contributed by atoms with Crippen LogP contribution in [0.4, 0.5) is 4.39 Å². The third kappa shape index (κ3) is 3.96. The number of carbonyl (C=O) groups excluding carboxylic acids is 1. The van der Waals surface area contributed by atoms with E-state index in [1.54, 1.807) is 12.1 Å². The lowest BCUT2D eigenvalue weighted by molar-refractivity contribution is -0.134. The molecule has 2 rings (SSSR count). The molecular formula is C16H13FO2S. The maximum Gasteiger partial charge on any atom is 0.331 e. The number of benzene rings is 2. The molecule has 0 saturated heterocycles. The predicted octanol–water partition coefficient (Wildman–Crippen LogP) is 4.13. The second kappa shape index (κ2) is 6.91. The lowest BCUT2D eigenvalue weighted by Crippen LogP contribution is -1.96. The van der Waals surface area contributed by atoms with Gasteiger partial charge in [-0.3, -0.25) is 0 Å². The summed E-state index contributed by atoms with van der Waals surface area (Å²) < 4.78 is 17.6. The Kier molecular flexibility index (Phi) is 4.96. The maximum atomic E-state index is 13.0. The number of hydrogen-bond acceptors (Lipinski definition) is 3. The van der Waals surface area contributed by atoms with Crippen molar-refractivity contribution in [2.24, 2.45) is 0 Å². The van der Waals surface area contributed by atoms with Gasteiger partial charge in [0.15, 0.2) is 0 Å². The summed E-state index contributed by atoms with van der Waals surface area (Å²) in [6.45, 7) is 0. The van der Waals surface area contributed by atoms with Crippen molar-refractivity contribution in [2.45, 2.75) is 4.90 Å². The predicted molar refractivity (Wildman–Crippen MR) is 78.7 cm³/mol. The zero-order valence-corrected chi connectivity index (χ0v) is 11.7. The zero-order chi connectivity index (χ0) is 14.4. The Morgan fingerprint density at radius 3 is 2.35 bits per heavy atom. The van der Waals surface area contributed by atoms with Crippen molar-refractivity contribution in [3.8, 4) is 0 Å². The highest BCUT2D eigenvalue weighted by atomic mass is 32.2. The number of methoxy groups -OCH3 is 1. The highest BCUT2D eigenvalue weighted by Gasteiger charge is 2.07. The van der Waals surface area contributed by atoms with Gasteiger partial charge in [0.05, 0.1) is 7.11 Å².